The van der Waals surface area contributed by atoms with E-state index in [1.165, 1.54) is 62.5 Å². The van der Waals surface area contributed by atoms with E-state index in [9.17, 15) is 4.79 Å². The second kappa shape index (κ2) is 15.9. The Kier molecular flexibility index (Phi) is 12.3. The van der Waals surface area contributed by atoms with Crippen LogP contribution in [0.5, 0.6) is 11.5 Å². The normalized spacial score (nSPS) is 11.8. The molecule has 3 nitrogen and oxygen atoms in total. The van der Waals surface area contributed by atoms with Crippen molar-refractivity contribution in [1.82, 2.24) is 0 Å². The Balaban J connectivity index is 1.44. The van der Waals surface area contributed by atoms with Crippen LogP contribution in [0.25, 0.3) is 11.1 Å². The Morgan fingerprint density at radius 2 is 1.30 bits per heavy atom. The number of ether oxygens (including phenoxy) is 2. The molecule has 0 bridgehead atoms. The zero-order valence-electron chi connectivity index (χ0n) is 23.0. The van der Waals surface area contributed by atoms with E-state index >= 15 is 0 Å². The van der Waals surface area contributed by atoms with Gasteiger partial charge in [-0.25, -0.2) is 4.79 Å². The van der Waals surface area contributed by atoms with Gasteiger partial charge in [0.2, 0.25) is 0 Å². The first-order valence-corrected chi connectivity index (χ1v) is 14.2. The van der Waals surface area contributed by atoms with Crippen LogP contribution in [-0.2, 0) is 6.42 Å². The molecule has 3 heteroatoms. The molecule has 0 aliphatic heterocycles. The maximum Gasteiger partial charge on any atom is 0.343 e. The lowest BCUT2D eigenvalue weighted by Gasteiger charge is -2.10. The second-order valence-electron chi connectivity index (χ2n) is 10.2. The van der Waals surface area contributed by atoms with Crippen molar-refractivity contribution in [3.05, 3.63) is 83.9 Å². The summed E-state index contributed by atoms with van der Waals surface area (Å²) >= 11 is 0. The van der Waals surface area contributed by atoms with Gasteiger partial charge in [-0.1, -0.05) is 95.7 Å². The molecule has 0 spiro atoms. The summed E-state index contributed by atoms with van der Waals surface area (Å²) in [7, 11) is 0. The Bertz CT molecular complexity index is 1040. The van der Waals surface area contributed by atoms with E-state index in [4.69, 9.17) is 9.47 Å². The molecular formula is C34H44O3. The van der Waals surface area contributed by atoms with Crippen molar-refractivity contribution in [1.29, 1.82) is 0 Å². The van der Waals surface area contributed by atoms with E-state index in [1.54, 1.807) is 12.1 Å². The van der Waals surface area contributed by atoms with Gasteiger partial charge < -0.3 is 9.47 Å². The number of carbonyl (C=O) groups is 1. The highest BCUT2D eigenvalue weighted by atomic mass is 16.5. The number of hydrogen-bond acceptors (Lipinski definition) is 3. The average Bonchev–Trinajstić information content (AvgIpc) is 2.94. The van der Waals surface area contributed by atoms with Gasteiger partial charge in [-0.15, -0.1) is 0 Å². The van der Waals surface area contributed by atoms with Crippen molar-refractivity contribution in [2.24, 2.45) is 5.92 Å². The van der Waals surface area contributed by atoms with Crippen LogP contribution in [0.15, 0.2) is 72.8 Å². The number of unbranched alkanes of at least 4 members (excludes halogenated alkanes) is 5. The summed E-state index contributed by atoms with van der Waals surface area (Å²) in [5.41, 5.74) is 4.19. The standard InChI is InChI=1S/C34H44O3/c1-4-6-7-8-9-10-13-28-14-16-29(17-15-28)30-18-24-33(25-19-30)37-34(35)31-20-22-32(23-21-31)36-26-11-12-27(3)5-2/h14-25,27H,4-13,26H2,1-3H3/t27-/m0/s1. The van der Waals surface area contributed by atoms with Gasteiger partial charge in [-0.05, 0) is 84.7 Å². The fraction of sp³-hybridized carbons (Fsp3) is 0.441. The zero-order valence-corrected chi connectivity index (χ0v) is 23.0. The Morgan fingerprint density at radius 1 is 0.703 bits per heavy atom. The highest BCUT2D eigenvalue weighted by Crippen LogP contribution is 2.24. The van der Waals surface area contributed by atoms with E-state index < -0.39 is 0 Å². The molecule has 0 saturated carbocycles. The Labute approximate surface area is 224 Å². The minimum Gasteiger partial charge on any atom is -0.494 e. The highest BCUT2D eigenvalue weighted by Gasteiger charge is 2.09. The topological polar surface area (TPSA) is 35.5 Å². The smallest absolute Gasteiger partial charge is 0.343 e. The molecule has 1 atom stereocenters. The Morgan fingerprint density at radius 3 is 1.95 bits per heavy atom. The van der Waals surface area contributed by atoms with Crippen molar-refractivity contribution in [3.8, 4) is 22.6 Å². The number of benzene rings is 3. The third-order valence-electron chi connectivity index (χ3n) is 7.07. The number of carbonyl (C=O) groups excluding carboxylic acids is 1. The van der Waals surface area contributed by atoms with Crippen molar-refractivity contribution >= 4 is 5.97 Å². The van der Waals surface area contributed by atoms with Gasteiger partial charge in [-0.2, -0.15) is 0 Å². The van der Waals surface area contributed by atoms with Crippen molar-refractivity contribution in [2.45, 2.75) is 85.0 Å². The molecular weight excluding hydrogens is 456 g/mol. The fourth-order valence-electron chi connectivity index (χ4n) is 4.37. The maximum absolute atomic E-state index is 12.6. The molecule has 37 heavy (non-hydrogen) atoms. The van der Waals surface area contributed by atoms with Crippen molar-refractivity contribution in [2.75, 3.05) is 6.61 Å². The summed E-state index contributed by atoms with van der Waals surface area (Å²) < 4.78 is 11.4. The predicted molar refractivity (Wildman–Crippen MR) is 155 cm³/mol. The molecule has 0 saturated heterocycles. The van der Waals surface area contributed by atoms with Crippen LogP contribution in [0.1, 0.15) is 94.5 Å². The van der Waals surface area contributed by atoms with E-state index in [0.29, 0.717) is 17.9 Å². The van der Waals surface area contributed by atoms with Gasteiger partial charge in [0.15, 0.2) is 0 Å². The largest absolute Gasteiger partial charge is 0.494 e. The molecule has 0 heterocycles. The molecule has 0 aliphatic carbocycles. The summed E-state index contributed by atoms with van der Waals surface area (Å²) in [4.78, 5) is 12.6. The molecule has 0 amide bonds. The number of aryl methyl sites for hydroxylation is 1. The van der Waals surface area contributed by atoms with Crippen molar-refractivity contribution in [3.63, 3.8) is 0 Å². The summed E-state index contributed by atoms with van der Waals surface area (Å²) in [6, 6.07) is 23.7. The van der Waals surface area contributed by atoms with Gasteiger partial charge in [0.05, 0.1) is 12.2 Å². The van der Waals surface area contributed by atoms with Gasteiger partial charge in [0, 0.05) is 0 Å². The fourth-order valence-corrected chi connectivity index (χ4v) is 4.37. The third-order valence-corrected chi connectivity index (χ3v) is 7.07. The van der Waals surface area contributed by atoms with Crippen LogP contribution in [0.2, 0.25) is 0 Å². The van der Waals surface area contributed by atoms with Crippen LogP contribution < -0.4 is 9.47 Å². The van der Waals surface area contributed by atoms with Crippen LogP contribution in [-0.4, -0.2) is 12.6 Å². The molecule has 0 unspecified atom stereocenters. The number of rotatable bonds is 16. The van der Waals surface area contributed by atoms with E-state index in [1.807, 2.05) is 36.4 Å². The zero-order chi connectivity index (χ0) is 26.3. The molecule has 198 valence electrons. The highest BCUT2D eigenvalue weighted by molar-refractivity contribution is 5.91. The lowest BCUT2D eigenvalue weighted by Crippen LogP contribution is -2.08. The van der Waals surface area contributed by atoms with Crippen LogP contribution in [0, 0.1) is 5.92 Å². The van der Waals surface area contributed by atoms with Gasteiger partial charge >= 0.3 is 5.97 Å². The SMILES string of the molecule is CCCCCCCCc1ccc(-c2ccc(OC(=O)c3ccc(OCCC[C@@H](C)CC)cc3)cc2)cc1. The van der Waals surface area contributed by atoms with Gasteiger partial charge in [-0.3, -0.25) is 0 Å². The molecule has 3 rings (SSSR count). The van der Waals surface area contributed by atoms with Crippen molar-refractivity contribution < 1.29 is 14.3 Å². The van der Waals surface area contributed by atoms with E-state index in [-0.39, 0.29) is 5.97 Å². The third kappa shape index (κ3) is 10.1. The molecule has 0 radical (unpaired) electrons. The quantitative estimate of drug-likeness (QED) is 0.112. The predicted octanol–water partition coefficient (Wildman–Crippen LogP) is 9.68. The van der Waals surface area contributed by atoms with Crippen LogP contribution in [0.4, 0.5) is 0 Å². The first-order valence-electron chi connectivity index (χ1n) is 14.2. The molecule has 3 aromatic rings. The lowest BCUT2D eigenvalue weighted by molar-refractivity contribution is 0.0734. The second-order valence-corrected chi connectivity index (χ2v) is 10.2. The lowest BCUT2D eigenvalue weighted by atomic mass is 10.0. The van der Waals surface area contributed by atoms with Gasteiger partial charge in [0.1, 0.15) is 11.5 Å². The summed E-state index contributed by atoms with van der Waals surface area (Å²) in [6.45, 7) is 7.44. The van der Waals surface area contributed by atoms with Crippen LogP contribution in [0.3, 0.4) is 0 Å². The molecule has 0 fully saturated rings. The first-order chi connectivity index (χ1) is 18.1. The summed E-state index contributed by atoms with van der Waals surface area (Å²) in [6.07, 6.45) is 12.5. The van der Waals surface area contributed by atoms with E-state index in [0.717, 1.165) is 30.1 Å². The molecule has 0 aliphatic rings. The minimum atomic E-state index is -0.366. The average molecular weight is 501 g/mol. The summed E-state index contributed by atoms with van der Waals surface area (Å²) in [5.74, 6) is 1.69. The maximum atomic E-state index is 12.6. The first kappa shape index (κ1) is 28.5. The number of esters is 1. The monoisotopic (exact) mass is 500 g/mol. The molecule has 3 aromatic carbocycles. The molecule has 0 aromatic heterocycles. The molecule has 0 N–H and O–H groups in total. The van der Waals surface area contributed by atoms with Gasteiger partial charge in [0.25, 0.3) is 0 Å². The minimum absolute atomic E-state index is 0.366. The summed E-state index contributed by atoms with van der Waals surface area (Å²) in [5, 5.41) is 0. The van der Waals surface area contributed by atoms with E-state index in [2.05, 4.69) is 45.0 Å². The number of hydrogen-bond donors (Lipinski definition) is 0. The van der Waals surface area contributed by atoms with Crippen LogP contribution >= 0.6 is 0 Å². The Hall–Kier alpha value is -3.07.